The van der Waals surface area contributed by atoms with E-state index >= 15 is 0 Å². The molecular formula is C12H19N4O13P3. The summed E-state index contributed by atoms with van der Waals surface area (Å²) in [6, 6.07) is 0. The molecule has 1 saturated heterocycles. The molecule has 1 aromatic rings. The molecule has 0 aliphatic carbocycles. The van der Waals surface area contributed by atoms with Crippen LogP contribution in [0.2, 0.25) is 0 Å². The van der Waals surface area contributed by atoms with Crippen LogP contribution in [0.4, 0.5) is 5.82 Å². The summed E-state index contributed by atoms with van der Waals surface area (Å²) in [5, 5.41) is 10.1. The molecule has 0 saturated carbocycles. The normalized spacial score (nSPS) is 24.9. The molecule has 1 aromatic heterocycles. The highest BCUT2D eigenvalue weighted by molar-refractivity contribution is 7.66. The summed E-state index contributed by atoms with van der Waals surface area (Å²) < 4.78 is 51.6. The number of phosphoric ester groups is 1. The van der Waals surface area contributed by atoms with Crippen LogP contribution in [0.1, 0.15) is 18.2 Å². The molecular weight excluding hydrogens is 501 g/mol. The number of hydrogen-bond donors (Lipinski definition) is 7. The van der Waals surface area contributed by atoms with E-state index in [9.17, 15) is 28.5 Å². The first-order valence-corrected chi connectivity index (χ1v) is 12.8. The summed E-state index contributed by atoms with van der Waals surface area (Å²) in [5.41, 5.74) is 10.2. The fraction of sp³-hybridized carbons (Fsp3) is 0.500. The van der Waals surface area contributed by atoms with Crippen molar-refractivity contribution in [3.8, 4) is 11.8 Å². The lowest BCUT2D eigenvalue weighted by atomic mass is 10.2. The Morgan fingerprint density at radius 2 is 1.88 bits per heavy atom. The van der Waals surface area contributed by atoms with E-state index in [0.717, 1.165) is 4.57 Å². The number of nitrogens with two attached hydrogens (primary N) is 2. The number of aliphatic hydroxyl groups is 1. The molecule has 20 heteroatoms. The predicted octanol–water partition coefficient (Wildman–Crippen LogP) is -1.87. The van der Waals surface area contributed by atoms with Crippen molar-refractivity contribution in [3.05, 3.63) is 22.2 Å². The molecule has 32 heavy (non-hydrogen) atoms. The second kappa shape index (κ2) is 10.2. The van der Waals surface area contributed by atoms with E-state index in [1.165, 1.54) is 6.20 Å². The van der Waals surface area contributed by atoms with Gasteiger partial charge in [0.1, 0.15) is 18.1 Å². The van der Waals surface area contributed by atoms with Gasteiger partial charge < -0.3 is 40.9 Å². The van der Waals surface area contributed by atoms with E-state index in [4.69, 9.17) is 30.9 Å². The number of nitrogens with zero attached hydrogens (tertiary/aromatic N) is 2. The Morgan fingerprint density at radius 3 is 2.47 bits per heavy atom. The Kier molecular flexibility index (Phi) is 8.54. The van der Waals surface area contributed by atoms with E-state index in [0.29, 0.717) is 0 Å². The van der Waals surface area contributed by atoms with Gasteiger partial charge in [-0.15, -0.1) is 0 Å². The van der Waals surface area contributed by atoms with Crippen molar-refractivity contribution in [2.45, 2.75) is 24.9 Å². The first-order valence-electron chi connectivity index (χ1n) is 8.32. The van der Waals surface area contributed by atoms with Gasteiger partial charge in [0.05, 0.1) is 24.8 Å². The van der Waals surface area contributed by atoms with Gasteiger partial charge in [-0.05, 0) is 0 Å². The Labute approximate surface area is 179 Å². The fourth-order valence-corrected chi connectivity index (χ4v) is 5.47. The number of aromatic nitrogens is 2. The molecule has 17 nitrogen and oxygen atoms in total. The average molecular weight is 520 g/mol. The Hall–Kier alpha value is -1.47. The molecule has 2 heterocycles. The number of hydrogen-bond acceptors (Lipinski definition) is 12. The third-order valence-corrected chi connectivity index (χ3v) is 7.44. The predicted molar refractivity (Wildman–Crippen MR) is 103 cm³/mol. The smallest absolute Gasteiger partial charge is 0.390 e. The number of nitrogen functional groups attached to an aromatic ring is 1. The summed E-state index contributed by atoms with van der Waals surface area (Å²) in [7, 11) is -16.6. The van der Waals surface area contributed by atoms with Crippen molar-refractivity contribution >= 4 is 29.3 Å². The van der Waals surface area contributed by atoms with Gasteiger partial charge in [0.25, 0.3) is 0 Å². The number of rotatable bonds is 8. The van der Waals surface area contributed by atoms with Crippen molar-refractivity contribution in [1.29, 1.82) is 0 Å². The number of aliphatic hydroxyl groups excluding tert-OH is 1. The van der Waals surface area contributed by atoms with Crippen LogP contribution >= 0.6 is 23.5 Å². The van der Waals surface area contributed by atoms with Crippen LogP contribution in [0.3, 0.4) is 0 Å². The minimum atomic E-state index is -5.69. The standard InChI is InChI=1S/C12H19N4O13P3/c13-3-1-2-7-5-16(12(18)15-11(7)14)10-4-8(17)9(27-10)6-26-31(22,23)29-32(24,25)28-30(19,20)21/h5,8-10,17H,3-4,6,13H2,(H,22,23)(H,24,25)(H2,14,15,18)(H2,19,20,21)/t8-,9+,10+/m1/s1. The summed E-state index contributed by atoms with van der Waals surface area (Å²) >= 11 is 0. The molecule has 0 spiro atoms. The van der Waals surface area contributed by atoms with Crippen LogP contribution in [0.25, 0.3) is 0 Å². The van der Waals surface area contributed by atoms with Crippen LogP contribution < -0.4 is 17.2 Å². The van der Waals surface area contributed by atoms with E-state index in [-0.39, 0.29) is 24.3 Å². The van der Waals surface area contributed by atoms with Gasteiger partial charge in [0, 0.05) is 12.6 Å². The molecule has 2 unspecified atom stereocenters. The molecule has 0 radical (unpaired) electrons. The highest BCUT2D eigenvalue weighted by Crippen LogP contribution is 2.66. The summed E-state index contributed by atoms with van der Waals surface area (Å²) in [6.45, 7) is -0.877. The van der Waals surface area contributed by atoms with Crippen LogP contribution in [0.5, 0.6) is 0 Å². The second-order valence-corrected chi connectivity index (χ2v) is 10.5. The molecule has 5 atom stereocenters. The SMILES string of the molecule is NCC#Cc1cn([C@@H]2C[C@@H](O)[C@H](COP(=O)(O)OP(=O)(O)OP(=O)(O)O)O2)c(=O)nc1N. The quantitative estimate of drug-likeness (QED) is 0.146. The van der Waals surface area contributed by atoms with Gasteiger partial charge in [-0.25, -0.2) is 18.5 Å². The first-order chi connectivity index (χ1) is 14.6. The van der Waals surface area contributed by atoms with Crippen LogP contribution in [0.15, 0.2) is 11.0 Å². The Morgan fingerprint density at radius 1 is 1.22 bits per heavy atom. The zero-order valence-electron chi connectivity index (χ0n) is 15.8. The highest BCUT2D eigenvalue weighted by Gasteiger charge is 2.43. The lowest BCUT2D eigenvalue weighted by molar-refractivity contribution is -0.0449. The molecule has 0 amide bonds. The molecule has 9 N–H and O–H groups in total. The van der Waals surface area contributed by atoms with Gasteiger partial charge in [0.2, 0.25) is 0 Å². The van der Waals surface area contributed by atoms with Crippen molar-refractivity contribution in [2.75, 3.05) is 18.9 Å². The van der Waals surface area contributed by atoms with E-state index in [1.807, 2.05) is 0 Å². The van der Waals surface area contributed by atoms with Gasteiger partial charge in [-0.3, -0.25) is 9.09 Å². The van der Waals surface area contributed by atoms with Gasteiger partial charge in [0.15, 0.2) is 0 Å². The maximum Gasteiger partial charge on any atom is 0.490 e. The van der Waals surface area contributed by atoms with Gasteiger partial charge in [-0.2, -0.15) is 13.6 Å². The second-order valence-electron chi connectivity index (χ2n) is 6.05. The van der Waals surface area contributed by atoms with Crippen molar-refractivity contribution in [2.24, 2.45) is 5.73 Å². The fourth-order valence-electron chi connectivity index (χ4n) is 2.44. The van der Waals surface area contributed by atoms with Crippen LogP contribution in [-0.2, 0) is 31.6 Å². The molecule has 0 bridgehead atoms. The monoisotopic (exact) mass is 520 g/mol. The van der Waals surface area contributed by atoms with Crippen molar-refractivity contribution in [3.63, 3.8) is 0 Å². The summed E-state index contributed by atoms with van der Waals surface area (Å²) in [6.07, 6.45) is -2.75. The summed E-state index contributed by atoms with van der Waals surface area (Å²) in [5.74, 6) is 4.97. The zero-order valence-corrected chi connectivity index (χ0v) is 18.5. The topological polar surface area (TPSA) is 276 Å². The molecule has 180 valence electrons. The first kappa shape index (κ1) is 26.8. The molecule has 2 rings (SSSR count). The minimum Gasteiger partial charge on any atom is -0.390 e. The van der Waals surface area contributed by atoms with Crippen LogP contribution in [-0.4, -0.2) is 59.6 Å². The molecule has 1 aliphatic heterocycles. The van der Waals surface area contributed by atoms with Crippen molar-refractivity contribution < 1.29 is 56.3 Å². The largest absolute Gasteiger partial charge is 0.490 e. The number of ether oxygens (including phenoxy) is 1. The van der Waals surface area contributed by atoms with Crippen molar-refractivity contribution in [1.82, 2.24) is 9.55 Å². The maximum atomic E-state index is 12.1. The minimum absolute atomic E-state index is 0.0138. The van der Waals surface area contributed by atoms with E-state index in [1.54, 1.807) is 0 Å². The maximum absolute atomic E-state index is 12.1. The number of phosphoric acid groups is 3. The third kappa shape index (κ3) is 7.84. The van der Waals surface area contributed by atoms with E-state index < -0.39 is 54.2 Å². The van der Waals surface area contributed by atoms with E-state index in [2.05, 4.69) is 30.0 Å². The Balaban J connectivity index is 2.08. The van der Waals surface area contributed by atoms with Gasteiger partial charge in [-0.1, -0.05) is 11.8 Å². The third-order valence-electron chi connectivity index (χ3n) is 3.64. The number of anilines is 1. The zero-order chi connectivity index (χ0) is 24.3. The Bertz CT molecular complexity index is 1110. The molecule has 1 aliphatic rings. The molecule has 0 aromatic carbocycles. The van der Waals surface area contributed by atoms with Crippen LogP contribution in [0, 0.1) is 11.8 Å². The highest BCUT2D eigenvalue weighted by atomic mass is 31.3. The van der Waals surface area contributed by atoms with Gasteiger partial charge >= 0.3 is 29.2 Å². The average Bonchev–Trinajstić information content (AvgIpc) is 2.97. The summed E-state index contributed by atoms with van der Waals surface area (Å²) in [4.78, 5) is 51.3. The lowest BCUT2D eigenvalue weighted by Crippen LogP contribution is -2.29. The lowest BCUT2D eigenvalue weighted by Gasteiger charge is -2.19. The molecule has 1 fully saturated rings.